The van der Waals surface area contributed by atoms with Crippen LogP contribution in [0.4, 0.5) is 0 Å². The van der Waals surface area contributed by atoms with Crippen LogP contribution in [0.5, 0.6) is 0 Å². The highest BCUT2D eigenvalue weighted by Crippen LogP contribution is 2.33. The fourth-order valence-corrected chi connectivity index (χ4v) is 3.58. The first-order valence-electron chi connectivity index (χ1n) is 8.67. The lowest BCUT2D eigenvalue weighted by atomic mass is 9.86. The Hall–Kier alpha value is -0.830. The Kier molecular flexibility index (Phi) is 5.48. The van der Waals surface area contributed by atoms with Crippen molar-refractivity contribution in [2.75, 3.05) is 6.54 Å². The highest BCUT2D eigenvalue weighted by atomic mass is 15.3. The number of aromatic nitrogens is 2. The van der Waals surface area contributed by atoms with Crippen molar-refractivity contribution in [3.05, 3.63) is 17.5 Å². The van der Waals surface area contributed by atoms with E-state index < -0.39 is 0 Å². The maximum absolute atomic E-state index is 4.61. The highest BCUT2D eigenvalue weighted by Gasteiger charge is 2.27. The summed E-state index contributed by atoms with van der Waals surface area (Å²) in [6, 6.07) is 2.28. The maximum Gasteiger partial charge on any atom is 0.0596 e. The summed E-state index contributed by atoms with van der Waals surface area (Å²) >= 11 is 0. The predicted molar refractivity (Wildman–Crippen MR) is 89.5 cm³/mol. The molecule has 0 spiro atoms. The molecule has 1 fully saturated rings. The minimum atomic E-state index is 0.206. The minimum absolute atomic E-state index is 0.206. The van der Waals surface area contributed by atoms with Crippen molar-refractivity contribution < 1.29 is 0 Å². The first-order valence-corrected chi connectivity index (χ1v) is 8.67. The van der Waals surface area contributed by atoms with Crippen molar-refractivity contribution in [1.29, 1.82) is 0 Å². The summed E-state index contributed by atoms with van der Waals surface area (Å²) in [6.07, 6.45) is 6.83. The third-order valence-electron chi connectivity index (χ3n) is 4.72. The smallest absolute Gasteiger partial charge is 0.0596 e. The molecule has 3 heteroatoms. The first kappa shape index (κ1) is 16.5. The molecule has 1 aliphatic rings. The van der Waals surface area contributed by atoms with Gasteiger partial charge in [-0.25, -0.2) is 0 Å². The van der Waals surface area contributed by atoms with E-state index >= 15 is 0 Å². The Balaban J connectivity index is 2.07. The lowest BCUT2D eigenvalue weighted by Gasteiger charge is -2.29. The molecule has 2 rings (SSSR count). The normalized spacial score (nSPS) is 18.3. The average Bonchev–Trinajstić information content (AvgIpc) is 3.02. The molecular formula is C18H33N3. The van der Waals surface area contributed by atoms with Gasteiger partial charge < -0.3 is 5.32 Å². The van der Waals surface area contributed by atoms with E-state index in [4.69, 9.17) is 0 Å². The monoisotopic (exact) mass is 291 g/mol. The van der Waals surface area contributed by atoms with Crippen LogP contribution >= 0.6 is 0 Å². The van der Waals surface area contributed by atoms with E-state index in [1.54, 1.807) is 0 Å². The number of hydrogen-bond acceptors (Lipinski definition) is 2. The van der Waals surface area contributed by atoms with Gasteiger partial charge in [0.15, 0.2) is 0 Å². The highest BCUT2D eigenvalue weighted by molar-refractivity contribution is 5.10. The van der Waals surface area contributed by atoms with E-state index in [2.05, 4.69) is 55.8 Å². The van der Waals surface area contributed by atoms with Gasteiger partial charge in [0.05, 0.1) is 5.69 Å². The molecule has 3 nitrogen and oxygen atoms in total. The summed E-state index contributed by atoms with van der Waals surface area (Å²) < 4.78 is 2.19. The van der Waals surface area contributed by atoms with Gasteiger partial charge in [-0.1, -0.05) is 25.7 Å². The molecule has 1 N–H and O–H groups in total. The second-order valence-electron chi connectivity index (χ2n) is 7.73. The van der Waals surface area contributed by atoms with Crippen LogP contribution < -0.4 is 5.32 Å². The third-order valence-corrected chi connectivity index (χ3v) is 4.72. The molecule has 1 saturated carbocycles. The summed E-state index contributed by atoms with van der Waals surface area (Å²) in [7, 11) is 0. The van der Waals surface area contributed by atoms with Crippen LogP contribution in [-0.4, -0.2) is 21.9 Å². The number of hydrogen-bond donors (Lipinski definition) is 1. The minimum Gasteiger partial charge on any atom is -0.312 e. The molecular weight excluding hydrogens is 258 g/mol. The number of nitrogens with zero attached hydrogens (tertiary/aromatic N) is 2. The van der Waals surface area contributed by atoms with Gasteiger partial charge in [0.25, 0.3) is 0 Å². The lowest BCUT2D eigenvalue weighted by Crippen LogP contribution is -2.41. The molecule has 0 bridgehead atoms. The molecule has 1 unspecified atom stereocenters. The SMILES string of the molecule is CCn1nc(C)cc1CC(CNC(C)(C)C)C1CCCC1. The molecule has 0 saturated heterocycles. The zero-order chi connectivity index (χ0) is 15.5. The Labute approximate surface area is 130 Å². The van der Waals surface area contributed by atoms with Gasteiger partial charge in [-0.15, -0.1) is 0 Å². The Morgan fingerprint density at radius 3 is 2.57 bits per heavy atom. The van der Waals surface area contributed by atoms with E-state index in [9.17, 15) is 0 Å². The fraction of sp³-hybridized carbons (Fsp3) is 0.833. The molecule has 1 aliphatic carbocycles. The van der Waals surface area contributed by atoms with E-state index in [0.717, 1.165) is 30.6 Å². The Morgan fingerprint density at radius 1 is 1.33 bits per heavy atom. The summed E-state index contributed by atoms with van der Waals surface area (Å²) in [5.74, 6) is 1.63. The van der Waals surface area contributed by atoms with Gasteiger partial charge in [-0.2, -0.15) is 5.10 Å². The van der Waals surface area contributed by atoms with Crippen LogP contribution in [0.25, 0.3) is 0 Å². The molecule has 21 heavy (non-hydrogen) atoms. The van der Waals surface area contributed by atoms with Crippen LogP contribution in [0, 0.1) is 18.8 Å². The van der Waals surface area contributed by atoms with Crippen LogP contribution in [0.1, 0.15) is 64.8 Å². The van der Waals surface area contributed by atoms with Crippen LogP contribution in [0.15, 0.2) is 6.07 Å². The zero-order valence-electron chi connectivity index (χ0n) is 14.6. The van der Waals surface area contributed by atoms with Gasteiger partial charge >= 0.3 is 0 Å². The quantitative estimate of drug-likeness (QED) is 0.860. The van der Waals surface area contributed by atoms with Crippen molar-refractivity contribution >= 4 is 0 Å². The molecule has 1 aromatic heterocycles. The Bertz CT molecular complexity index is 436. The van der Waals surface area contributed by atoms with Crippen LogP contribution in [-0.2, 0) is 13.0 Å². The summed E-state index contributed by atoms with van der Waals surface area (Å²) in [6.45, 7) is 13.2. The number of aryl methyl sites for hydroxylation is 2. The van der Waals surface area contributed by atoms with Crippen LogP contribution in [0.2, 0.25) is 0 Å². The molecule has 1 atom stereocenters. The predicted octanol–water partition coefficient (Wildman–Crippen LogP) is 3.95. The van der Waals surface area contributed by atoms with Gasteiger partial charge in [0, 0.05) is 17.8 Å². The van der Waals surface area contributed by atoms with Gasteiger partial charge in [-0.3, -0.25) is 4.68 Å². The zero-order valence-corrected chi connectivity index (χ0v) is 14.6. The van der Waals surface area contributed by atoms with Gasteiger partial charge in [-0.05, 0) is 65.5 Å². The molecule has 0 aromatic carbocycles. The van der Waals surface area contributed by atoms with E-state index in [0.29, 0.717) is 0 Å². The number of rotatable bonds is 6. The van der Waals surface area contributed by atoms with Crippen molar-refractivity contribution in [2.45, 2.75) is 78.8 Å². The van der Waals surface area contributed by atoms with Crippen molar-refractivity contribution in [3.63, 3.8) is 0 Å². The van der Waals surface area contributed by atoms with Gasteiger partial charge in [0.2, 0.25) is 0 Å². The topological polar surface area (TPSA) is 29.9 Å². The van der Waals surface area contributed by atoms with E-state index in [-0.39, 0.29) is 5.54 Å². The second kappa shape index (κ2) is 6.95. The van der Waals surface area contributed by atoms with E-state index in [1.807, 2.05) is 0 Å². The lowest BCUT2D eigenvalue weighted by molar-refractivity contribution is 0.282. The number of nitrogens with one attached hydrogen (secondary N) is 1. The second-order valence-corrected chi connectivity index (χ2v) is 7.73. The molecule has 0 aliphatic heterocycles. The van der Waals surface area contributed by atoms with Gasteiger partial charge in [0.1, 0.15) is 0 Å². The molecule has 1 aromatic rings. The summed E-state index contributed by atoms with van der Waals surface area (Å²) in [4.78, 5) is 0. The molecule has 1 heterocycles. The summed E-state index contributed by atoms with van der Waals surface area (Å²) in [5, 5.41) is 8.35. The van der Waals surface area contributed by atoms with Crippen molar-refractivity contribution in [3.8, 4) is 0 Å². The molecule has 0 amide bonds. The molecule has 0 radical (unpaired) electrons. The summed E-state index contributed by atoms with van der Waals surface area (Å²) in [5.41, 5.74) is 2.78. The maximum atomic E-state index is 4.61. The van der Waals surface area contributed by atoms with E-state index in [1.165, 1.54) is 37.8 Å². The largest absolute Gasteiger partial charge is 0.312 e. The fourth-order valence-electron chi connectivity index (χ4n) is 3.58. The van der Waals surface area contributed by atoms with Crippen molar-refractivity contribution in [2.24, 2.45) is 11.8 Å². The first-order chi connectivity index (χ1) is 9.89. The standard InChI is InChI=1S/C18H33N3/c1-6-21-17(11-14(2)20-21)12-16(13-19-18(3,4)5)15-9-7-8-10-15/h11,15-16,19H,6-10,12-13H2,1-5H3. The third kappa shape index (κ3) is 4.84. The van der Waals surface area contributed by atoms with Crippen LogP contribution in [0.3, 0.4) is 0 Å². The van der Waals surface area contributed by atoms with Crippen molar-refractivity contribution in [1.82, 2.24) is 15.1 Å². The molecule has 120 valence electrons. The Morgan fingerprint density at radius 2 is 2.00 bits per heavy atom. The average molecular weight is 291 g/mol.